The summed E-state index contributed by atoms with van der Waals surface area (Å²) in [5, 5.41) is 9.15. The second kappa shape index (κ2) is 3.08. The Hall–Kier alpha value is -1.78. The zero-order valence-corrected chi connectivity index (χ0v) is 6.44. The fourth-order valence-corrected chi connectivity index (χ4v) is 0.723. The van der Waals surface area contributed by atoms with E-state index < -0.39 is 5.97 Å². The van der Waals surface area contributed by atoms with Gasteiger partial charge in [-0.05, 0) is 0 Å². The molecule has 0 spiro atoms. The molecular weight excluding hydrogens is 160 g/mol. The number of ether oxygens (including phenoxy) is 1. The molecule has 1 aromatic rings. The highest BCUT2D eigenvalue weighted by Gasteiger charge is 2.12. The summed E-state index contributed by atoms with van der Waals surface area (Å²) in [4.78, 5) is 14.5. The van der Waals surface area contributed by atoms with E-state index in [0.717, 1.165) is 0 Å². The summed E-state index contributed by atoms with van der Waals surface area (Å²) >= 11 is 0. The van der Waals surface area contributed by atoms with Crippen molar-refractivity contribution in [2.24, 2.45) is 0 Å². The maximum absolute atomic E-state index is 10.9. The molecule has 5 heteroatoms. The largest absolute Gasteiger partial charge is 0.505 e. The average molecular weight is 168 g/mol. The molecule has 0 aliphatic heterocycles. The molecule has 0 bridgehead atoms. The van der Waals surface area contributed by atoms with Crippen LogP contribution in [-0.4, -0.2) is 23.2 Å². The first kappa shape index (κ1) is 8.32. The lowest BCUT2D eigenvalue weighted by Gasteiger charge is -2.01. The molecule has 0 saturated carbocycles. The lowest BCUT2D eigenvalue weighted by Crippen LogP contribution is -2.04. The van der Waals surface area contributed by atoms with E-state index in [4.69, 9.17) is 10.8 Å². The van der Waals surface area contributed by atoms with Gasteiger partial charge < -0.3 is 15.6 Å². The number of methoxy groups -OCH3 is 1. The summed E-state index contributed by atoms with van der Waals surface area (Å²) in [6.07, 6.45) is 1.27. The molecule has 64 valence electrons. The molecule has 12 heavy (non-hydrogen) atoms. The predicted octanol–water partition coefficient (Wildman–Crippen LogP) is 0.156. The predicted molar refractivity (Wildman–Crippen MR) is 41.7 cm³/mol. The van der Waals surface area contributed by atoms with Crippen LogP contribution in [-0.2, 0) is 4.74 Å². The molecule has 5 nitrogen and oxygen atoms in total. The SMILES string of the molecule is COC(=O)c1ncc(N)cc1O. The number of rotatable bonds is 1. The van der Waals surface area contributed by atoms with Crippen LogP contribution in [0, 0.1) is 0 Å². The molecule has 0 saturated heterocycles. The number of carbonyl (C=O) groups excluding carboxylic acids is 1. The number of nitrogen functional groups attached to an aromatic ring is 1. The number of anilines is 1. The quantitative estimate of drug-likeness (QED) is 0.583. The van der Waals surface area contributed by atoms with E-state index >= 15 is 0 Å². The monoisotopic (exact) mass is 168 g/mol. The Kier molecular flexibility index (Phi) is 2.14. The number of nitrogens with zero attached hydrogens (tertiary/aromatic N) is 1. The van der Waals surface area contributed by atoms with Crippen molar-refractivity contribution in [3.63, 3.8) is 0 Å². The summed E-state index contributed by atoms with van der Waals surface area (Å²) in [7, 11) is 1.21. The minimum atomic E-state index is -0.688. The lowest BCUT2D eigenvalue weighted by molar-refractivity contribution is 0.0590. The Morgan fingerprint density at radius 1 is 1.75 bits per heavy atom. The molecular formula is C7H8N2O3. The highest BCUT2D eigenvalue weighted by Crippen LogP contribution is 2.17. The minimum absolute atomic E-state index is 0.133. The van der Waals surface area contributed by atoms with Crippen LogP contribution in [0.3, 0.4) is 0 Å². The summed E-state index contributed by atoms with van der Waals surface area (Å²) < 4.78 is 4.35. The third kappa shape index (κ3) is 1.45. The number of esters is 1. The van der Waals surface area contributed by atoms with Crippen LogP contribution in [0.15, 0.2) is 12.3 Å². The van der Waals surface area contributed by atoms with E-state index in [0.29, 0.717) is 5.69 Å². The van der Waals surface area contributed by atoms with Gasteiger partial charge in [0, 0.05) is 6.07 Å². The Bertz CT molecular complexity index is 312. The van der Waals surface area contributed by atoms with Gasteiger partial charge >= 0.3 is 5.97 Å². The number of hydrogen-bond acceptors (Lipinski definition) is 5. The van der Waals surface area contributed by atoms with Gasteiger partial charge in [0.25, 0.3) is 0 Å². The standard InChI is InChI=1S/C7H8N2O3/c1-12-7(11)6-5(10)2-4(8)3-9-6/h2-3,10H,8H2,1H3. The number of aromatic nitrogens is 1. The van der Waals surface area contributed by atoms with Gasteiger partial charge in [-0.3, -0.25) is 0 Å². The molecule has 1 aromatic heterocycles. The Labute approximate surface area is 68.8 Å². The van der Waals surface area contributed by atoms with Crippen LogP contribution >= 0.6 is 0 Å². The van der Waals surface area contributed by atoms with Crippen molar-refractivity contribution in [3.8, 4) is 5.75 Å². The molecule has 0 atom stereocenters. The molecule has 0 unspecified atom stereocenters. The van der Waals surface area contributed by atoms with Crippen molar-refractivity contribution >= 4 is 11.7 Å². The zero-order valence-electron chi connectivity index (χ0n) is 6.44. The zero-order chi connectivity index (χ0) is 9.14. The second-order valence-corrected chi connectivity index (χ2v) is 2.13. The van der Waals surface area contributed by atoms with Crippen molar-refractivity contribution in [2.45, 2.75) is 0 Å². The normalized spacial score (nSPS) is 9.42. The summed E-state index contributed by atoms with van der Waals surface area (Å²) in [5.74, 6) is -0.964. The van der Waals surface area contributed by atoms with Crippen molar-refractivity contribution in [2.75, 3.05) is 12.8 Å². The molecule has 3 N–H and O–H groups in total. The maximum atomic E-state index is 10.9. The number of hydrogen-bond donors (Lipinski definition) is 2. The Morgan fingerprint density at radius 3 is 2.92 bits per heavy atom. The van der Waals surface area contributed by atoms with Gasteiger partial charge in [0.05, 0.1) is 19.0 Å². The van der Waals surface area contributed by atoms with Gasteiger partial charge in [0.15, 0.2) is 11.4 Å². The molecule has 1 heterocycles. The molecule has 0 amide bonds. The summed E-state index contributed by atoms with van der Waals surface area (Å²) in [6, 6.07) is 1.24. The third-order valence-corrected chi connectivity index (χ3v) is 1.27. The first-order valence-corrected chi connectivity index (χ1v) is 3.18. The molecule has 1 rings (SSSR count). The Balaban J connectivity index is 3.09. The van der Waals surface area contributed by atoms with E-state index in [2.05, 4.69) is 9.72 Å². The molecule has 0 aromatic carbocycles. The van der Waals surface area contributed by atoms with Crippen molar-refractivity contribution in [3.05, 3.63) is 18.0 Å². The summed E-state index contributed by atoms with van der Waals surface area (Å²) in [6.45, 7) is 0. The second-order valence-electron chi connectivity index (χ2n) is 2.13. The first-order chi connectivity index (χ1) is 5.65. The van der Waals surface area contributed by atoms with Crippen LogP contribution in [0.25, 0.3) is 0 Å². The Morgan fingerprint density at radius 2 is 2.42 bits per heavy atom. The van der Waals surface area contributed by atoms with Crippen molar-refractivity contribution in [1.82, 2.24) is 4.98 Å². The summed E-state index contributed by atoms with van der Waals surface area (Å²) in [5.41, 5.74) is 5.45. The highest BCUT2D eigenvalue weighted by molar-refractivity contribution is 5.90. The van der Waals surface area contributed by atoms with Crippen LogP contribution < -0.4 is 5.73 Å². The average Bonchev–Trinajstić information content (AvgIpc) is 2.03. The molecule has 0 radical (unpaired) electrons. The molecule has 0 aliphatic rings. The van der Waals surface area contributed by atoms with Gasteiger partial charge in [0.2, 0.25) is 0 Å². The maximum Gasteiger partial charge on any atom is 0.360 e. The highest BCUT2D eigenvalue weighted by atomic mass is 16.5. The van der Waals surface area contributed by atoms with Crippen LogP contribution in [0.1, 0.15) is 10.5 Å². The fourth-order valence-electron chi connectivity index (χ4n) is 0.723. The van der Waals surface area contributed by atoms with Crippen LogP contribution in [0.5, 0.6) is 5.75 Å². The minimum Gasteiger partial charge on any atom is -0.505 e. The number of nitrogens with two attached hydrogens (primary N) is 1. The fraction of sp³-hybridized carbons (Fsp3) is 0.143. The van der Waals surface area contributed by atoms with Gasteiger partial charge in [-0.1, -0.05) is 0 Å². The van der Waals surface area contributed by atoms with Gasteiger partial charge in [-0.2, -0.15) is 0 Å². The van der Waals surface area contributed by atoms with E-state index in [-0.39, 0.29) is 11.4 Å². The van der Waals surface area contributed by atoms with Gasteiger partial charge in [-0.25, -0.2) is 9.78 Å². The number of carbonyl (C=O) groups is 1. The number of pyridine rings is 1. The first-order valence-electron chi connectivity index (χ1n) is 3.18. The van der Waals surface area contributed by atoms with Crippen molar-refractivity contribution in [1.29, 1.82) is 0 Å². The molecule has 0 fully saturated rings. The van der Waals surface area contributed by atoms with Gasteiger partial charge in [-0.15, -0.1) is 0 Å². The topological polar surface area (TPSA) is 85.4 Å². The molecule has 0 aliphatic carbocycles. The van der Waals surface area contributed by atoms with E-state index in [1.165, 1.54) is 19.4 Å². The lowest BCUT2D eigenvalue weighted by atomic mass is 10.3. The van der Waals surface area contributed by atoms with E-state index in [9.17, 15) is 4.79 Å². The van der Waals surface area contributed by atoms with Gasteiger partial charge in [0.1, 0.15) is 0 Å². The van der Waals surface area contributed by atoms with Crippen LogP contribution in [0.4, 0.5) is 5.69 Å². The third-order valence-electron chi connectivity index (χ3n) is 1.27. The van der Waals surface area contributed by atoms with E-state index in [1.54, 1.807) is 0 Å². The van der Waals surface area contributed by atoms with E-state index in [1.807, 2.05) is 0 Å². The smallest absolute Gasteiger partial charge is 0.360 e. The van der Waals surface area contributed by atoms with Crippen LogP contribution in [0.2, 0.25) is 0 Å². The van der Waals surface area contributed by atoms with Crippen molar-refractivity contribution < 1.29 is 14.6 Å². The number of aromatic hydroxyl groups is 1.